The standard InChI is InChI=1S/C10H21NO/c1-9(2,3)8-5-6-11-7-10(8,4)12/h8,11-12H,5-7H2,1-4H3. The van der Waals surface area contributed by atoms with E-state index >= 15 is 0 Å². The average Bonchev–Trinajstić information content (AvgIpc) is 1.83. The largest absolute Gasteiger partial charge is 0.389 e. The van der Waals surface area contributed by atoms with Crippen molar-refractivity contribution in [3.05, 3.63) is 0 Å². The van der Waals surface area contributed by atoms with Gasteiger partial charge in [0.1, 0.15) is 0 Å². The Balaban J connectivity index is 2.73. The topological polar surface area (TPSA) is 32.3 Å². The highest BCUT2D eigenvalue weighted by Gasteiger charge is 2.41. The zero-order valence-corrected chi connectivity index (χ0v) is 8.65. The van der Waals surface area contributed by atoms with Gasteiger partial charge < -0.3 is 10.4 Å². The third kappa shape index (κ3) is 1.99. The van der Waals surface area contributed by atoms with Crippen molar-refractivity contribution in [2.75, 3.05) is 13.1 Å². The molecule has 0 aromatic rings. The highest BCUT2D eigenvalue weighted by atomic mass is 16.3. The highest BCUT2D eigenvalue weighted by Crippen LogP contribution is 2.38. The Morgan fingerprint density at radius 3 is 2.33 bits per heavy atom. The molecule has 1 aliphatic rings. The van der Waals surface area contributed by atoms with Crippen LogP contribution in [0, 0.1) is 11.3 Å². The van der Waals surface area contributed by atoms with Crippen LogP contribution in [0.3, 0.4) is 0 Å². The summed E-state index contributed by atoms with van der Waals surface area (Å²) in [6.45, 7) is 10.3. The van der Waals surface area contributed by atoms with Crippen LogP contribution in [0.15, 0.2) is 0 Å². The number of rotatable bonds is 0. The van der Waals surface area contributed by atoms with Crippen molar-refractivity contribution in [3.8, 4) is 0 Å². The van der Waals surface area contributed by atoms with Gasteiger partial charge in [-0.1, -0.05) is 20.8 Å². The van der Waals surface area contributed by atoms with E-state index in [1.165, 1.54) is 0 Å². The lowest BCUT2D eigenvalue weighted by molar-refractivity contribution is -0.0644. The van der Waals surface area contributed by atoms with Crippen LogP contribution in [0.2, 0.25) is 0 Å². The van der Waals surface area contributed by atoms with Crippen LogP contribution in [-0.4, -0.2) is 23.8 Å². The number of aliphatic hydroxyl groups is 1. The molecule has 2 heteroatoms. The first kappa shape index (κ1) is 10.0. The maximum Gasteiger partial charge on any atom is 0.0777 e. The average molecular weight is 171 g/mol. The molecule has 0 spiro atoms. The first-order valence-electron chi connectivity index (χ1n) is 4.77. The van der Waals surface area contributed by atoms with Crippen LogP contribution in [0.5, 0.6) is 0 Å². The van der Waals surface area contributed by atoms with Crippen LogP contribution in [-0.2, 0) is 0 Å². The number of nitrogens with one attached hydrogen (secondary N) is 1. The van der Waals surface area contributed by atoms with E-state index in [1.807, 2.05) is 6.92 Å². The fourth-order valence-corrected chi connectivity index (χ4v) is 2.39. The minimum absolute atomic E-state index is 0.214. The Morgan fingerprint density at radius 1 is 1.42 bits per heavy atom. The molecule has 0 bridgehead atoms. The minimum Gasteiger partial charge on any atom is -0.389 e. The first-order chi connectivity index (χ1) is 5.34. The summed E-state index contributed by atoms with van der Waals surface area (Å²) in [5.74, 6) is 0.409. The number of β-amino-alcohol motifs (C(OH)–C–C–N with tert-alkyl or cyclic N) is 1. The highest BCUT2D eigenvalue weighted by molar-refractivity contribution is 4.94. The molecule has 1 saturated heterocycles. The summed E-state index contributed by atoms with van der Waals surface area (Å²) in [5.41, 5.74) is -0.317. The fraction of sp³-hybridized carbons (Fsp3) is 1.00. The van der Waals surface area contributed by atoms with Gasteiger partial charge in [-0.2, -0.15) is 0 Å². The van der Waals surface area contributed by atoms with Gasteiger partial charge in [0.15, 0.2) is 0 Å². The Morgan fingerprint density at radius 2 is 2.00 bits per heavy atom. The molecule has 0 radical (unpaired) electrons. The quantitative estimate of drug-likeness (QED) is 0.577. The second-order valence-corrected chi connectivity index (χ2v) is 5.24. The van der Waals surface area contributed by atoms with E-state index in [4.69, 9.17) is 0 Å². The second-order valence-electron chi connectivity index (χ2n) is 5.24. The van der Waals surface area contributed by atoms with Gasteiger partial charge in [-0.15, -0.1) is 0 Å². The maximum absolute atomic E-state index is 10.1. The molecule has 2 atom stereocenters. The summed E-state index contributed by atoms with van der Waals surface area (Å²) in [7, 11) is 0. The number of hydrogen-bond donors (Lipinski definition) is 2. The summed E-state index contributed by atoms with van der Waals surface area (Å²) >= 11 is 0. The van der Waals surface area contributed by atoms with Gasteiger partial charge in [-0.3, -0.25) is 0 Å². The molecule has 12 heavy (non-hydrogen) atoms. The Bertz CT molecular complexity index is 158. The zero-order chi connectivity index (χ0) is 9.41. The Hall–Kier alpha value is -0.0800. The van der Waals surface area contributed by atoms with E-state index in [0.29, 0.717) is 5.92 Å². The number of piperidine rings is 1. The Kier molecular flexibility index (Phi) is 2.50. The zero-order valence-electron chi connectivity index (χ0n) is 8.65. The molecule has 72 valence electrons. The third-order valence-corrected chi connectivity index (χ3v) is 2.89. The van der Waals surface area contributed by atoms with Crippen LogP contribution >= 0.6 is 0 Å². The SMILES string of the molecule is CC(C)(C)C1CCNCC1(C)O. The molecule has 2 unspecified atom stereocenters. The molecule has 0 amide bonds. The van der Waals surface area contributed by atoms with E-state index in [9.17, 15) is 5.11 Å². The molecule has 2 nitrogen and oxygen atoms in total. The predicted molar refractivity (Wildman–Crippen MR) is 51.1 cm³/mol. The first-order valence-corrected chi connectivity index (χ1v) is 4.77. The molecule has 0 aromatic heterocycles. The molecule has 1 heterocycles. The molecule has 2 N–H and O–H groups in total. The van der Waals surface area contributed by atoms with Gasteiger partial charge in [0.2, 0.25) is 0 Å². The fourth-order valence-electron chi connectivity index (χ4n) is 2.39. The van der Waals surface area contributed by atoms with Gasteiger partial charge in [0.05, 0.1) is 5.60 Å². The van der Waals surface area contributed by atoms with E-state index in [1.54, 1.807) is 0 Å². The normalized spacial score (nSPS) is 38.2. The van der Waals surface area contributed by atoms with Gasteiger partial charge in [0, 0.05) is 6.54 Å². The summed E-state index contributed by atoms with van der Waals surface area (Å²) in [6.07, 6.45) is 1.08. The van der Waals surface area contributed by atoms with E-state index < -0.39 is 5.60 Å². The van der Waals surface area contributed by atoms with Gasteiger partial charge in [-0.05, 0) is 31.2 Å². The molecule has 0 saturated carbocycles. The van der Waals surface area contributed by atoms with Gasteiger partial charge >= 0.3 is 0 Å². The van der Waals surface area contributed by atoms with Crippen molar-refractivity contribution >= 4 is 0 Å². The van der Waals surface area contributed by atoms with Crippen molar-refractivity contribution in [1.82, 2.24) is 5.32 Å². The maximum atomic E-state index is 10.1. The van der Waals surface area contributed by atoms with E-state index in [2.05, 4.69) is 26.1 Å². The lowest BCUT2D eigenvalue weighted by Crippen LogP contribution is -2.54. The molecule has 0 aromatic carbocycles. The predicted octanol–water partition coefficient (Wildman–Crippen LogP) is 1.39. The molecular formula is C10H21NO. The third-order valence-electron chi connectivity index (χ3n) is 2.89. The van der Waals surface area contributed by atoms with Crippen LogP contribution in [0.4, 0.5) is 0 Å². The minimum atomic E-state index is -0.531. The van der Waals surface area contributed by atoms with Gasteiger partial charge in [-0.25, -0.2) is 0 Å². The lowest BCUT2D eigenvalue weighted by Gasteiger charge is -2.45. The second kappa shape index (κ2) is 3.00. The summed E-state index contributed by atoms with van der Waals surface area (Å²) in [4.78, 5) is 0. The van der Waals surface area contributed by atoms with Crippen molar-refractivity contribution in [2.24, 2.45) is 11.3 Å². The van der Waals surface area contributed by atoms with E-state index in [0.717, 1.165) is 19.5 Å². The van der Waals surface area contributed by atoms with E-state index in [-0.39, 0.29) is 5.41 Å². The summed E-state index contributed by atoms with van der Waals surface area (Å²) in [6, 6.07) is 0. The molecule has 0 aliphatic carbocycles. The van der Waals surface area contributed by atoms with Crippen molar-refractivity contribution in [1.29, 1.82) is 0 Å². The van der Waals surface area contributed by atoms with Crippen molar-refractivity contribution in [2.45, 2.75) is 39.7 Å². The molecule has 1 aliphatic heterocycles. The summed E-state index contributed by atoms with van der Waals surface area (Å²) in [5, 5.41) is 13.3. The smallest absolute Gasteiger partial charge is 0.0777 e. The monoisotopic (exact) mass is 171 g/mol. The lowest BCUT2D eigenvalue weighted by atomic mass is 9.68. The van der Waals surface area contributed by atoms with Crippen LogP contribution in [0.1, 0.15) is 34.1 Å². The van der Waals surface area contributed by atoms with Crippen molar-refractivity contribution in [3.63, 3.8) is 0 Å². The Labute approximate surface area is 75.4 Å². The number of hydrogen-bond acceptors (Lipinski definition) is 2. The summed E-state index contributed by atoms with van der Waals surface area (Å²) < 4.78 is 0. The molecule has 1 rings (SSSR count). The van der Waals surface area contributed by atoms with Crippen LogP contribution < -0.4 is 5.32 Å². The molecular weight excluding hydrogens is 150 g/mol. The molecule has 1 fully saturated rings. The van der Waals surface area contributed by atoms with Crippen molar-refractivity contribution < 1.29 is 5.11 Å². The van der Waals surface area contributed by atoms with Crippen LogP contribution in [0.25, 0.3) is 0 Å². The van der Waals surface area contributed by atoms with Gasteiger partial charge in [0.25, 0.3) is 0 Å².